The number of rotatable bonds is 3. The topological polar surface area (TPSA) is 96.7 Å². The Morgan fingerprint density at radius 3 is 2.59 bits per heavy atom. The van der Waals surface area contributed by atoms with Crippen molar-refractivity contribution in [2.75, 3.05) is 44.8 Å². The van der Waals surface area contributed by atoms with Crippen LogP contribution in [0, 0.1) is 10.1 Å². The zero-order valence-corrected chi connectivity index (χ0v) is 16.9. The lowest BCUT2D eigenvalue weighted by Crippen LogP contribution is -2.43. The molecule has 2 aromatic rings. The minimum absolute atomic E-state index is 0.0469. The first-order valence-corrected chi connectivity index (χ1v) is 9.91. The number of ether oxygens (including phenoxy) is 1. The van der Waals surface area contributed by atoms with Crippen molar-refractivity contribution in [1.29, 1.82) is 0 Å². The first kappa shape index (κ1) is 19.5. The Bertz CT molecular complexity index is 930. The van der Waals surface area contributed by atoms with Gasteiger partial charge in [-0.15, -0.1) is 0 Å². The van der Waals surface area contributed by atoms with Gasteiger partial charge in [-0.05, 0) is 30.8 Å². The van der Waals surface area contributed by atoms with Gasteiger partial charge in [0.2, 0.25) is 0 Å². The van der Waals surface area contributed by atoms with E-state index >= 15 is 0 Å². The van der Waals surface area contributed by atoms with Crippen LogP contribution in [0.25, 0.3) is 11.4 Å². The third kappa shape index (κ3) is 3.99. The molecule has 0 radical (unpaired) electrons. The molecule has 2 aliphatic heterocycles. The molecule has 0 atom stereocenters. The van der Waals surface area contributed by atoms with Crippen molar-refractivity contribution in [2.24, 2.45) is 0 Å². The Labute approximate surface area is 173 Å². The molecule has 0 amide bonds. The van der Waals surface area contributed by atoms with Gasteiger partial charge in [0, 0.05) is 49.9 Å². The average Bonchev–Trinajstić information content (AvgIpc) is 2.78. The molecule has 3 heterocycles. The molecular weight excluding hydrogens is 392 g/mol. The van der Waals surface area contributed by atoms with Gasteiger partial charge in [-0.1, -0.05) is 0 Å². The van der Waals surface area contributed by atoms with Gasteiger partial charge < -0.3 is 19.9 Å². The Morgan fingerprint density at radius 2 is 1.93 bits per heavy atom. The second-order valence-electron chi connectivity index (χ2n) is 6.93. The van der Waals surface area contributed by atoms with E-state index in [-0.39, 0.29) is 5.69 Å². The summed E-state index contributed by atoms with van der Waals surface area (Å²) in [6.07, 6.45) is 0.810. The predicted molar refractivity (Wildman–Crippen MR) is 113 cm³/mol. The van der Waals surface area contributed by atoms with Gasteiger partial charge in [-0.25, -0.2) is 9.97 Å². The fourth-order valence-corrected chi connectivity index (χ4v) is 3.80. The highest BCUT2D eigenvalue weighted by Gasteiger charge is 2.27. The van der Waals surface area contributed by atoms with Gasteiger partial charge in [0.15, 0.2) is 10.9 Å². The number of non-ortho nitro benzene ring substituents is 1. The maximum atomic E-state index is 11.0. The van der Waals surface area contributed by atoms with Crippen LogP contribution >= 0.6 is 12.2 Å². The van der Waals surface area contributed by atoms with E-state index in [1.807, 2.05) is 7.05 Å². The van der Waals surface area contributed by atoms with Crippen molar-refractivity contribution in [1.82, 2.24) is 20.2 Å². The molecule has 1 saturated heterocycles. The molecule has 0 unspecified atom stereocenters. The normalized spacial score (nSPS) is 16.3. The number of fused-ring (bicyclic) bond motifs is 1. The lowest BCUT2D eigenvalue weighted by atomic mass is 10.0. The van der Waals surface area contributed by atoms with E-state index in [4.69, 9.17) is 26.9 Å². The van der Waals surface area contributed by atoms with Crippen LogP contribution in [0.4, 0.5) is 11.5 Å². The zero-order chi connectivity index (χ0) is 20.4. The maximum absolute atomic E-state index is 11.0. The monoisotopic (exact) mass is 414 g/mol. The fraction of sp³-hybridized carbons (Fsp3) is 0.421. The first-order valence-electron chi connectivity index (χ1n) is 9.51. The predicted octanol–water partition coefficient (Wildman–Crippen LogP) is 1.75. The number of aromatic nitrogens is 2. The van der Waals surface area contributed by atoms with E-state index in [9.17, 15) is 10.1 Å². The molecule has 9 nitrogen and oxygen atoms in total. The summed E-state index contributed by atoms with van der Waals surface area (Å²) in [4.78, 5) is 24.6. The molecule has 152 valence electrons. The maximum Gasteiger partial charge on any atom is 0.269 e. The second-order valence-corrected chi connectivity index (χ2v) is 7.31. The van der Waals surface area contributed by atoms with Crippen LogP contribution in [-0.2, 0) is 17.7 Å². The Hall–Kier alpha value is -2.85. The molecule has 10 heteroatoms. The molecule has 1 aromatic heterocycles. The third-order valence-corrected chi connectivity index (χ3v) is 5.65. The fourth-order valence-electron chi connectivity index (χ4n) is 3.64. The summed E-state index contributed by atoms with van der Waals surface area (Å²) in [6.45, 7) is 4.31. The molecule has 0 saturated carbocycles. The SMILES string of the molecule is CNC(=S)N1CCc2c(nc(-c3ccc([N+](=O)[O-])cc3)nc2N2CCOCC2)C1. The smallest absolute Gasteiger partial charge is 0.269 e. The highest BCUT2D eigenvalue weighted by molar-refractivity contribution is 7.80. The van der Waals surface area contributed by atoms with Crippen LogP contribution in [0.15, 0.2) is 24.3 Å². The minimum Gasteiger partial charge on any atom is -0.378 e. The molecule has 1 fully saturated rings. The standard InChI is InChI=1S/C19H22N6O3S/c1-20-19(29)24-7-6-15-16(12-24)21-17(13-2-4-14(5-3-13)25(26)27)22-18(15)23-8-10-28-11-9-23/h2-5H,6-12H2,1H3,(H,20,29). The summed E-state index contributed by atoms with van der Waals surface area (Å²) >= 11 is 5.41. The molecule has 0 spiro atoms. The molecule has 29 heavy (non-hydrogen) atoms. The molecule has 1 aromatic carbocycles. The van der Waals surface area contributed by atoms with E-state index < -0.39 is 4.92 Å². The number of hydrogen-bond acceptors (Lipinski definition) is 7. The van der Waals surface area contributed by atoms with Crippen LogP contribution in [0.2, 0.25) is 0 Å². The summed E-state index contributed by atoms with van der Waals surface area (Å²) in [5.74, 6) is 1.50. The minimum atomic E-state index is -0.409. The van der Waals surface area contributed by atoms with Crippen molar-refractivity contribution >= 4 is 28.8 Å². The Kier molecular flexibility index (Phi) is 5.54. The van der Waals surface area contributed by atoms with Gasteiger partial charge >= 0.3 is 0 Å². The number of benzene rings is 1. The summed E-state index contributed by atoms with van der Waals surface area (Å²) in [6, 6.07) is 6.35. The Morgan fingerprint density at radius 1 is 1.21 bits per heavy atom. The number of thiocarbonyl (C=S) groups is 1. The molecular formula is C19H22N6O3S. The molecule has 0 aliphatic carbocycles. The first-order chi connectivity index (χ1) is 14.1. The lowest BCUT2D eigenvalue weighted by molar-refractivity contribution is -0.384. The number of nitrogens with one attached hydrogen (secondary N) is 1. The van der Waals surface area contributed by atoms with E-state index in [2.05, 4.69) is 15.1 Å². The van der Waals surface area contributed by atoms with Crippen molar-refractivity contribution in [3.63, 3.8) is 0 Å². The van der Waals surface area contributed by atoms with Crippen molar-refractivity contribution in [2.45, 2.75) is 13.0 Å². The van der Waals surface area contributed by atoms with Crippen LogP contribution in [-0.4, -0.2) is 64.8 Å². The van der Waals surface area contributed by atoms with Crippen LogP contribution < -0.4 is 10.2 Å². The zero-order valence-electron chi connectivity index (χ0n) is 16.1. The van der Waals surface area contributed by atoms with Crippen molar-refractivity contribution in [3.8, 4) is 11.4 Å². The number of morpholine rings is 1. The van der Waals surface area contributed by atoms with Crippen molar-refractivity contribution < 1.29 is 9.66 Å². The third-order valence-electron chi connectivity index (χ3n) is 5.19. The van der Waals surface area contributed by atoms with Crippen LogP contribution in [0.3, 0.4) is 0 Å². The van der Waals surface area contributed by atoms with Gasteiger partial charge in [0.05, 0.1) is 30.4 Å². The average molecular weight is 414 g/mol. The highest BCUT2D eigenvalue weighted by atomic mass is 32.1. The van der Waals surface area contributed by atoms with Crippen LogP contribution in [0.1, 0.15) is 11.3 Å². The van der Waals surface area contributed by atoms with Gasteiger partial charge in [0.25, 0.3) is 5.69 Å². The molecule has 4 rings (SSSR count). The molecule has 2 aliphatic rings. The van der Waals surface area contributed by atoms with E-state index in [1.165, 1.54) is 12.1 Å². The van der Waals surface area contributed by atoms with Gasteiger partial charge in [-0.3, -0.25) is 10.1 Å². The van der Waals surface area contributed by atoms with Crippen LogP contribution in [0.5, 0.6) is 0 Å². The summed E-state index contributed by atoms with van der Waals surface area (Å²) in [5.41, 5.74) is 2.89. The van der Waals surface area contributed by atoms with E-state index in [0.717, 1.165) is 48.7 Å². The van der Waals surface area contributed by atoms with E-state index in [1.54, 1.807) is 12.1 Å². The summed E-state index contributed by atoms with van der Waals surface area (Å²) < 4.78 is 5.50. The Balaban J connectivity index is 1.75. The highest BCUT2D eigenvalue weighted by Crippen LogP contribution is 2.30. The summed E-state index contributed by atoms with van der Waals surface area (Å²) in [7, 11) is 1.82. The second kappa shape index (κ2) is 8.26. The largest absolute Gasteiger partial charge is 0.378 e. The number of nitrogens with zero attached hydrogens (tertiary/aromatic N) is 5. The number of anilines is 1. The quantitative estimate of drug-likeness (QED) is 0.458. The van der Waals surface area contributed by atoms with Gasteiger partial charge in [-0.2, -0.15) is 0 Å². The van der Waals surface area contributed by atoms with E-state index in [0.29, 0.717) is 30.7 Å². The molecule has 0 bridgehead atoms. The van der Waals surface area contributed by atoms with Crippen molar-refractivity contribution in [3.05, 3.63) is 45.6 Å². The number of nitro groups is 1. The van der Waals surface area contributed by atoms with Gasteiger partial charge in [0.1, 0.15) is 5.82 Å². The summed E-state index contributed by atoms with van der Waals surface area (Å²) in [5, 5.41) is 14.7. The number of hydrogen-bond donors (Lipinski definition) is 1. The number of nitro benzene ring substituents is 1. The molecule has 1 N–H and O–H groups in total. The lowest BCUT2D eigenvalue weighted by Gasteiger charge is -2.35.